The van der Waals surface area contributed by atoms with Gasteiger partial charge in [-0.2, -0.15) is 9.97 Å². The third-order valence-electron chi connectivity index (χ3n) is 2.99. The van der Waals surface area contributed by atoms with Crippen molar-refractivity contribution in [1.82, 2.24) is 15.0 Å². The van der Waals surface area contributed by atoms with Gasteiger partial charge in [0.25, 0.3) is 0 Å². The lowest BCUT2D eigenvalue weighted by Crippen LogP contribution is -2.04. The minimum atomic E-state index is 0.0334. The van der Waals surface area contributed by atoms with Crippen LogP contribution in [0.5, 0.6) is 12.0 Å². The van der Waals surface area contributed by atoms with E-state index in [0.717, 1.165) is 11.1 Å². The summed E-state index contributed by atoms with van der Waals surface area (Å²) in [6, 6.07) is 19.7. The molecule has 2 aromatic carbocycles. The maximum atomic E-state index is 5.89. The number of halogens is 1. The fourth-order valence-electron chi connectivity index (χ4n) is 1.89. The lowest BCUT2D eigenvalue weighted by molar-refractivity contribution is 0.249. The monoisotopic (exact) mass is 327 g/mol. The van der Waals surface area contributed by atoms with Gasteiger partial charge in [-0.15, -0.1) is 4.98 Å². The van der Waals surface area contributed by atoms with Gasteiger partial charge < -0.3 is 9.47 Å². The van der Waals surface area contributed by atoms with Gasteiger partial charge in [-0.05, 0) is 22.7 Å². The molecule has 0 saturated carbocycles. The van der Waals surface area contributed by atoms with E-state index in [9.17, 15) is 0 Å². The molecule has 0 amide bonds. The zero-order chi connectivity index (χ0) is 15.9. The number of hydrogen-bond donors (Lipinski definition) is 0. The van der Waals surface area contributed by atoms with Crippen LogP contribution in [0.2, 0.25) is 5.28 Å². The van der Waals surface area contributed by atoms with E-state index in [1.807, 2.05) is 60.7 Å². The first-order valence-corrected chi connectivity index (χ1v) is 7.42. The maximum Gasteiger partial charge on any atom is 0.324 e. The number of rotatable bonds is 6. The van der Waals surface area contributed by atoms with Crippen LogP contribution < -0.4 is 9.47 Å². The highest BCUT2D eigenvalue weighted by atomic mass is 35.5. The molecule has 0 atom stereocenters. The van der Waals surface area contributed by atoms with E-state index >= 15 is 0 Å². The molecule has 3 aromatic rings. The minimum Gasteiger partial charge on any atom is -0.458 e. The molecule has 6 heteroatoms. The van der Waals surface area contributed by atoms with Crippen molar-refractivity contribution in [2.45, 2.75) is 13.2 Å². The van der Waals surface area contributed by atoms with Crippen molar-refractivity contribution in [3.05, 3.63) is 77.1 Å². The van der Waals surface area contributed by atoms with Crippen molar-refractivity contribution in [2.24, 2.45) is 0 Å². The number of benzene rings is 2. The van der Waals surface area contributed by atoms with Crippen molar-refractivity contribution in [1.29, 1.82) is 0 Å². The summed E-state index contributed by atoms with van der Waals surface area (Å²) in [5.41, 5.74) is 2.02. The van der Waals surface area contributed by atoms with Crippen LogP contribution in [0.25, 0.3) is 0 Å². The highest BCUT2D eigenvalue weighted by molar-refractivity contribution is 6.28. The molecule has 0 bridgehead atoms. The van der Waals surface area contributed by atoms with Crippen LogP contribution in [-0.4, -0.2) is 15.0 Å². The molecule has 0 aliphatic carbocycles. The molecule has 0 radical (unpaired) electrons. The zero-order valence-electron chi connectivity index (χ0n) is 12.2. The quantitative estimate of drug-likeness (QED) is 0.691. The largest absolute Gasteiger partial charge is 0.458 e. The summed E-state index contributed by atoms with van der Waals surface area (Å²) in [4.78, 5) is 12.0. The van der Waals surface area contributed by atoms with Crippen molar-refractivity contribution >= 4 is 11.6 Å². The predicted molar refractivity (Wildman–Crippen MR) is 86.4 cm³/mol. The van der Waals surface area contributed by atoms with E-state index in [1.165, 1.54) is 0 Å². The van der Waals surface area contributed by atoms with E-state index < -0.39 is 0 Å². The fourth-order valence-corrected chi connectivity index (χ4v) is 2.03. The van der Waals surface area contributed by atoms with Crippen LogP contribution in [-0.2, 0) is 13.2 Å². The molecule has 0 saturated heterocycles. The lowest BCUT2D eigenvalue weighted by atomic mass is 10.2. The standard InChI is InChI=1S/C17H14ClN3O2/c18-15-19-16(22-11-13-7-3-1-4-8-13)21-17(20-15)23-12-14-9-5-2-6-10-14/h1-10H,11-12H2. The topological polar surface area (TPSA) is 57.1 Å². The van der Waals surface area contributed by atoms with Crippen molar-refractivity contribution < 1.29 is 9.47 Å². The van der Waals surface area contributed by atoms with Gasteiger partial charge in [0, 0.05) is 0 Å². The molecule has 0 fully saturated rings. The van der Waals surface area contributed by atoms with Gasteiger partial charge in [0.05, 0.1) is 0 Å². The Hall–Kier alpha value is -2.66. The number of aromatic nitrogens is 3. The van der Waals surface area contributed by atoms with Crippen LogP contribution >= 0.6 is 11.6 Å². The summed E-state index contributed by atoms with van der Waals surface area (Å²) in [6.45, 7) is 0.693. The molecule has 23 heavy (non-hydrogen) atoms. The van der Waals surface area contributed by atoms with E-state index in [-0.39, 0.29) is 17.3 Å². The Morgan fingerprint density at radius 3 is 1.52 bits per heavy atom. The Morgan fingerprint density at radius 2 is 1.09 bits per heavy atom. The minimum absolute atomic E-state index is 0.0334. The summed E-state index contributed by atoms with van der Waals surface area (Å²) >= 11 is 5.89. The summed E-state index contributed by atoms with van der Waals surface area (Å²) in [5, 5.41) is 0.0334. The van der Waals surface area contributed by atoms with Crippen LogP contribution in [0.1, 0.15) is 11.1 Å². The van der Waals surface area contributed by atoms with Gasteiger partial charge >= 0.3 is 12.0 Å². The summed E-state index contributed by atoms with van der Waals surface area (Å²) in [5.74, 6) is 0. The average molecular weight is 328 g/mol. The second-order valence-electron chi connectivity index (χ2n) is 4.72. The van der Waals surface area contributed by atoms with Crippen molar-refractivity contribution in [3.8, 4) is 12.0 Å². The van der Waals surface area contributed by atoms with E-state index in [2.05, 4.69) is 15.0 Å². The predicted octanol–water partition coefficient (Wildman–Crippen LogP) is 3.68. The molecule has 3 rings (SSSR count). The summed E-state index contributed by atoms with van der Waals surface area (Å²) < 4.78 is 11.1. The molecule has 0 spiro atoms. The molecule has 0 aliphatic rings. The Labute approximate surface area is 138 Å². The molecule has 0 aliphatic heterocycles. The second kappa shape index (κ2) is 7.56. The van der Waals surface area contributed by atoms with Crippen LogP contribution in [0.4, 0.5) is 0 Å². The smallest absolute Gasteiger partial charge is 0.324 e. The molecular weight excluding hydrogens is 314 g/mol. The Bertz CT molecular complexity index is 693. The van der Waals surface area contributed by atoms with Gasteiger partial charge in [-0.3, -0.25) is 0 Å². The second-order valence-corrected chi connectivity index (χ2v) is 5.06. The number of hydrogen-bond acceptors (Lipinski definition) is 5. The fraction of sp³-hybridized carbons (Fsp3) is 0.118. The molecule has 1 heterocycles. The highest BCUT2D eigenvalue weighted by Gasteiger charge is 2.08. The summed E-state index contributed by atoms with van der Waals surface area (Å²) in [7, 11) is 0. The first-order chi connectivity index (χ1) is 11.3. The molecule has 0 unspecified atom stereocenters. The Balaban J connectivity index is 1.64. The molecule has 1 aromatic heterocycles. The van der Waals surface area contributed by atoms with Gasteiger partial charge in [-0.1, -0.05) is 60.7 Å². The molecule has 0 N–H and O–H groups in total. The third kappa shape index (κ3) is 4.66. The Kier molecular flexibility index (Phi) is 5.01. The van der Waals surface area contributed by atoms with E-state index in [0.29, 0.717) is 13.2 Å². The van der Waals surface area contributed by atoms with Gasteiger partial charge in [-0.25, -0.2) is 0 Å². The van der Waals surface area contributed by atoms with Crippen molar-refractivity contribution in [3.63, 3.8) is 0 Å². The molecule has 116 valence electrons. The first kappa shape index (κ1) is 15.2. The van der Waals surface area contributed by atoms with E-state index in [1.54, 1.807) is 0 Å². The van der Waals surface area contributed by atoms with Crippen LogP contribution in [0.3, 0.4) is 0 Å². The van der Waals surface area contributed by atoms with Crippen LogP contribution in [0, 0.1) is 0 Å². The van der Waals surface area contributed by atoms with Crippen molar-refractivity contribution in [2.75, 3.05) is 0 Å². The average Bonchev–Trinajstić information content (AvgIpc) is 2.60. The number of nitrogens with zero attached hydrogens (tertiary/aromatic N) is 3. The highest BCUT2D eigenvalue weighted by Crippen LogP contribution is 2.15. The van der Waals surface area contributed by atoms with Gasteiger partial charge in [0.2, 0.25) is 5.28 Å². The maximum absolute atomic E-state index is 5.89. The van der Waals surface area contributed by atoms with Crippen LogP contribution in [0.15, 0.2) is 60.7 Å². The molecule has 5 nitrogen and oxygen atoms in total. The normalized spacial score (nSPS) is 10.3. The van der Waals surface area contributed by atoms with Gasteiger partial charge in [0.1, 0.15) is 13.2 Å². The summed E-state index contributed by atoms with van der Waals surface area (Å²) in [6.07, 6.45) is 0. The van der Waals surface area contributed by atoms with E-state index in [4.69, 9.17) is 21.1 Å². The number of ether oxygens (including phenoxy) is 2. The third-order valence-corrected chi connectivity index (χ3v) is 3.16. The first-order valence-electron chi connectivity index (χ1n) is 7.04. The SMILES string of the molecule is Clc1nc(OCc2ccccc2)nc(OCc2ccccc2)n1. The zero-order valence-corrected chi connectivity index (χ0v) is 13.0. The van der Waals surface area contributed by atoms with Gasteiger partial charge in [0.15, 0.2) is 0 Å². The lowest BCUT2D eigenvalue weighted by Gasteiger charge is -2.07. The Morgan fingerprint density at radius 1 is 0.652 bits per heavy atom. The molecular formula is C17H14ClN3O2.